The molecule has 4 aromatic rings. The minimum atomic E-state index is -4.59. The molecule has 0 aliphatic heterocycles. The number of alkyl halides is 3. The number of benzene rings is 2. The number of nitrogens with zero attached hydrogens (tertiary/aromatic N) is 2. The number of pyridine rings is 2. The third-order valence-electron chi connectivity index (χ3n) is 5.15. The molecule has 0 saturated carbocycles. The fourth-order valence-corrected chi connectivity index (χ4v) is 3.58. The summed E-state index contributed by atoms with van der Waals surface area (Å²) in [5.74, 6) is -0.644. The number of aryl methyl sites for hydroxylation is 1. The Labute approximate surface area is 193 Å². The van der Waals surface area contributed by atoms with Crippen molar-refractivity contribution < 1.29 is 22.4 Å². The number of amides is 1. The Morgan fingerprint density at radius 1 is 0.912 bits per heavy atom. The van der Waals surface area contributed by atoms with Crippen LogP contribution in [0.2, 0.25) is 0 Å². The maximum atomic E-state index is 13.8. The van der Waals surface area contributed by atoms with E-state index >= 15 is 0 Å². The molecule has 4 nitrogen and oxygen atoms in total. The van der Waals surface area contributed by atoms with Crippen LogP contribution in [0.25, 0.3) is 22.3 Å². The first kappa shape index (κ1) is 23.1. The highest BCUT2D eigenvalue weighted by atomic mass is 19.4. The van der Waals surface area contributed by atoms with Crippen LogP contribution in [0.15, 0.2) is 79.1 Å². The molecule has 0 fully saturated rings. The zero-order valence-corrected chi connectivity index (χ0v) is 18.0. The highest BCUT2D eigenvalue weighted by molar-refractivity contribution is 5.91. The SMILES string of the molecule is Cc1cc(-c2ccc(CC(=O)Nc3ccc(-c4cccc(F)c4)cn3)cc2C(F)(F)F)ccn1. The Hall–Kier alpha value is -4.07. The Morgan fingerprint density at radius 3 is 2.41 bits per heavy atom. The van der Waals surface area contributed by atoms with Crippen molar-refractivity contribution in [2.24, 2.45) is 0 Å². The van der Waals surface area contributed by atoms with Crippen LogP contribution in [0.4, 0.5) is 23.4 Å². The van der Waals surface area contributed by atoms with E-state index in [1.54, 1.807) is 37.3 Å². The maximum Gasteiger partial charge on any atom is 0.417 e. The van der Waals surface area contributed by atoms with Crippen molar-refractivity contribution in [1.82, 2.24) is 9.97 Å². The number of rotatable bonds is 5. The summed E-state index contributed by atoms with van der Waals surface area (Å²) >= 11 is 0. The molecule has 0 bridgehead atoms. The van der Waals surface area contributed by atoms with Gasteiger partial charge in [-0.2, -0.15) is 13.2 Å². The fraction of sp³-hybridized carbons (Fsp3) is 0.115. The molecule has 0 saturated heterocycles. The van der Waals surface area contributed by atoms with Crippen LogP contribution in [0.3, 0.4) is 0 Å². The molecule has 1 N–H and O–H groups in total. The van der Waals surface area contributed by atoms with E-state index in [1.165, 1.54) is 42.7 Å². The first-order valence-corrected chi connectivity index (χ1v) is 10.3. The van der Waals surface area contributed by atoms with Gasteiger partial charge in [-0.05, 0) is 71.6 Å². The zero-order chi connectivity index (χ0) is 24.3. The van der Waals surface area contributed by atoms with E-state index in [1.807, 2.05) is 0 Å². The number of carbonyl (C=O) groups excluding carboxylic acids is 1. The summed E-state index contributed by atoms with van der Waals surface area (Å²) in [6, 6.07) is 16.2. The smallest absolute Gasteiger partial charge is 0.310 e. The van der Waals surface area contributed by atoms with E-state index in [0.29, 0.717) is 22.4 Å². The number of nitrogens with one attached hydrogen (secondary N) is 1. The lowest BCUT2D eigenvalue weighted by atomic mass is 9.96. The molecule has 0 aliphatic rings. The summed E-state index contributed by atoms with van der Waals surface area (Å²) in [5, 5.41) is 2.58. The molecule has 0 unspecified atom stereocenters. The first-order valence-electron chi connectivity index (χ1n) is 10.3. The van der Waals surface area contributed by atoms with Gasteiger partial charge in [0.05, 0.1) is 12.0 Å². The van der Waals surface area contributed by atoms with Gasteiger partial charge in [0.25, 0.3) is 0 Å². The summed E-state index contributed by atoms with van der Waals surface area (Å²) in [6.07, 6.45) is -1.91. The molecule has 2 aromatic carbocycles. The standard InChI is InChI=1S/C26H19F4N3O/c1-16-11-19(9-10-31-16)22-7-5-17(12-23(22)26(28,29)30)13-25(34)33-24-8-6-20(15-32-24)18-3-2-4-21(27)14-18/h2-12,14-15H,13H2,1H3,(H,32,33,34). The van der Waals surface area contributed by atoms with Crippen LogP contribution in [-0.2, 0) is 17.4 Å². The monoisotopic (exact) mass is 465 g/mol. The van der Waals surface area contributed by atoms with Gasteiger partial charge in [-0.25, -0.2) is 9.37 Å². The summed E-state index contributed by atoms with van der Waals surface area (Å²) < 4.78 is 54.7. The second-order valence-corrected chi connectivity index (χ2v) is 7.73. The number of anilines is 1. The Bertz CT molecular complexity index is 1330. The van der Waals surface area contributed by atoms with Gasteiger partial charge >= 0.3 is 6.18 Å². The molecule has 34 heavy (non-hydrogen) atoms. The van der Waals surface area contributed by atoms with Crippen LogP contribution in [0.5, 0.6) is 0 Å². The van der Waals surface area contributed by atoms with Gasteiger partial charge in [0.15, 0.2) is 0 Å². The van der Waals surface area contributed by atoms with E-state index in [0.717, 1.165) is 6.07 Å². The van der Waals surface area contributed by atoms with Gasteiger partial charge in [-0.3, -0.25) is 9.78 Å². The first-order chi connectivity index (χ1) is 16.2. The van der Waals surface area contributed by atoms with Crippen LogP contribution < -0.4 is 5.32 Å². The summed E-state index contributed by atoms with van der Waals surface area (Å²) in [5.41, 5.74) is 1.72. The van der Waals surface area contributed by atoms with Crippen molar-refractivity contribution in [3.8, 4) is 22.3 Å². The van der Waals surface area contributed by atoms with E-state index in [4.69, 9.17) is 0 Å². The molecule has 0 aliphatic carbocycles. The number of hydrogen-bond donors (Lipinski definition) is 1. The van der Waals surface area contributed by atoms with Gasteiger partial charge in [0.2, 0.25) is 5.91 Å². The largest absolute Gasteiger partial charge is 0.417 e. The Balaban J connectivity index is 1.50. The predicted octanol–water partition coefficient (Wildman–Crippen LogP) is 6.46. The fourth-order valence-electron chi connectivity index (χ4n) is 3.58. The zero-order valence-electron chi connectivity index (χ0n) is 18.0. The molecular formula is C26H19F4N3O. The minimum absolute atomic E-state index is 0.0248. The molecule has 2 aromatic heterocycles. The van der Waals surface area contributed by atoms with Gasteiger partial charge in [-0.15, -0.1) is 0 Å². The Kier molecular flexibility index (Phi) is 6.40. The van der Waals surface area contributed by atoms with Gasteiger partial charge in [0.1, 0.15) is 11.6 Å². The van der Waals surface area contributed by atoms with Crippen LogP contribution in [0, 0.1) is 12.7 Å². The lowest BCUT2D eigenvalue weighted by molar-refractivity contribution is -0.137. The average Bonchev–Trinajstić information content (AvgIpc) is 2.79. The topological polar surface area (TPSA) is 54.9 Å². The van der Waals surface area contributed by atoms with Crippen molar-refractivity contribution in [3.63, 3.8) is 0 Å². The lowest BCUT2D eigenvalue weighted by Gasteiger charge is -2.15. The van der Waals surface area contributed by atoms with Crippen LogP contribution in [0.1, 0.15) is 16.8 Å². The molecule has 0 radical (unpaired) electrons. The number of carbonyl (C=O) groups is 1. The third-order valence-corrected chi connectivity index (χ3v) is 5.15. The molecule has 1 amide bonds. The van der Waals surface area contributed by atoms with Gasteiger partial charge in [0, 0.05) is 23.7 Å². The highest BCUT2D eigenvalue weighted by Crippen LogP contribution is 2.38. The number of hydrogen-bond acceptors (Lipinski definition) is 3. The van der Waals surface area contributed by atoms with Crippen molar-refractivity contribution in [3.05, 3.63) is 102 Å². The summed E-state index contributed by atoms with van der Waals surface area (Å²) in [7, 11) is 0. The molecule has 172 valence electrons. The molecule has 2 heterocycles. The molecule has 4 rings (SSSR count). The second kappa shape index (κ2) is 9.43. The average molecular weight is 465 g/mol. The molecular weight excluding hydrogens is 446 g/mol. The predicted molar refractivity (Wildman–Crippen MR) is 121 cm³/mol. The number of aromatic nitrogens is 2. The van der Waals surface area contributed by atoms with E-state index in [-0.39, 0.29) is 29.2 Å². The van der Waals surface area contributed by atoms with Crippen LogP contribution >= 0.6 is 0 Å². The highest BCUT2D eigenvalue weighted by Gasteiger charge is 2.34. The maximum absolute atomic E-state index is 13.8. The molecule has 0 atom stereocenters. The van der Waals surface area contributed by atoms with Gasteiger partial charge < -0.3 is 5.32 Å². The van der Waals surface area contributed by atoms with E-state index in [2.05, 4.69) is 15.3 Å². The molecule has 0 spiro atoms. The van der Waals surface area contributed by atoms with Crippen LogP contribution in [-0.4, -0.2) is 15.9 Å². The van der Waals surface area contributed by atoms with E-state index in [9.17, 15) is 22.4 Å². The van der Waals surface area contributed by atoms with Crippen molar-refractivity contribution in [1.29, 1.82) is 0 Å². The molecule has 8 heteroatoms. The summed E-state index contributed by atoms with van der Waals surface area (Å²) in [4.78, 5) is 20.6. The second-order valence-electron chi connectivity index (χ2n) is 7.73. The quantitative estimate of drug-likeness (QED) is 0.344. The third kappa shape index (κ3) is 5.46. The minimum Gasteiger partial charge on any atom is -0.310 e. The van der Waals surface area contributed by atoms with Crippen molar-refractivity contribution >= 4 is 11.7 Å². The lowest BCUT2D eigenvalue weighted by Crippen LogP contribution is -2.16. The Morgan fingerprint density at radius 2 is 1.74 bits per heavy atom. The van der Waals surface area contributed by atoms with Gasteiger partial charge in [-0.1, -0.05) is 24.3 Å². The van der Waals surface area contributed by atoms with Crippen molar-refractivity contribution in [2.75, 3.05) is 5.32 Å². The van der Waals surface area contributed by atoms with Crippen molar-refractivity contribution in [2.45, 2.75) is 19.5 Å². The van der Waals surface area contributed by atoms with E-state index < -0.39 is 17.6 Å². The summed E-state index contributed by atoms with van der Waals surface area (Å²) in [6.45, 7) is 1.70. The number of halogens is 4. The normalized spacial score (nSPS) is 11.3.